The Bertz CT molecular complexity index is 608. The highest BCUT2D eigenvalue weighted by Crippen LogP contribution is 2.31. The number of hydrogen-bond donors (Lipinski definition) is 1. The van der Waals surface area contributed by atoms with E-state index in [0.29, 0.717) is 36.8 Å². The maximum absolute atomic E-state index is 12.3. The molecule has 0 aliphatic carbocycles. The molecule has 0 bridgehead atoms. The van der Waals surface area contributed by atoms with Crippen LogP contribution in [0, 0.1) is 0 Å². The van der Waals surface area contributed by atoms with Gasteiger partial charge in [-0.15, -0.1) is 12.4 Å². The van der Waals surface area contributed by atoms with Gasteiger partial charge >= 0.3 is 0 Å². The first-order chi connectivity index (χ1) is 11.1. The van der Waals surface area contributed by atoms with E-state index in [0.717, 1.165) is 13.1 Å². The topological polar surface area (TPSA) is 67.9 Å². The summed E-state index contributed by atoms with van der Waals surface area (Å²) in [5, 5.41) is 3.25. The highest BCUT2D eigenvalue weighted by Gasteiger charge is 2.23. The largest absolute Gasteiger partial charge is 0.486 e. The van der Waals surface area contributed by atoms with Gasteiger partial charge in [-0.3, -0.25) is 9.59 Å². The molecule has 1 amide bonds. The van der Waals surface area contributed by atoms with Crippen LogP contribution in [0.1, 0.15) is 30.1 Å². The molecule has 1 N–H and O–H groups in total. The summed E-state index contributed by atoms with van der Waals surface area (Å²) in [7, 11) is 0. The van der Waals surface area contributed by atoms with Crippen molar-refractivity contribution in [2.24, 2.45) is 0 Å². The summed E-state index contributed by atoms with van der Waals surface area (Å²) in [5.74, 6) is 1.27. The molecule has 7 heteroatoms. The number of ketones is 1. The van der Waals surface area contributed by atoms with E-state index in [1.807, 2.05) is 11.8 Å². The predicted octanol–water partition coefficient (Wildman–Crippen LogP) is 1.66. The van der Waals surface area contributed by atoms with Crippen LogP contribution in [0.25, 0.3) is 0 Å². The molecule has 1 saturated heterocycles. The molecule has 24 heavy (non-hydrogen) atoms. The van der Waals surface area contributed by atoms with Gasteiger partial charge in [0.1, 0.15) is 13.2 Å². The molecule has 6 nitrogen and oxygen atoms in total. The van der Waals surface area contributed by atoms with Crippen molar-refractivity contribution in [2.45, 2.75) is 25.8 Å². The summed E-state index contributed by atoms with van der Waals surface area (Å²) >= 11 is 0. The third-order valence-electron chi connectivity index (χ3n) is 4.25. The van der Waals surface area contributed by atoms with E-state index in [1.54, 1.807) is 18.2 Å². The fourth-order valence-electron chi connectivity index (χ4n) is 2.94. The minimum absolute atomic E-state index is 0. The smallest absolute Gasteiger partial charge is 0.223 e. The molecular formula is C17H23ClN2O4. The van der Waals surface area contributed by atoms with Crippen LogP contribution < -0.4 is 14.8 Å². The van der Waals surface area contributed by atoms with Crippen LogP contribution in [-0.4, -0.2) is 55.5 Å². The van der Waals surface area contributed by atoms with Gasteiger partial charge < -0.3 is 19.7 Å². The standard InChI is InChI=1S/C17H22N2O4.ClH/c1-12-11-18-6-7-19(12)17(21)5-3-14(20)13-2-4-15-16(10-13)23-9-8-22-15;/h2,4,10,12,18H,3,5-9,11H2,1H3;1H/t12-;/m1./s1. The molecule has 132 valence electrons. The van der Waals surface area contributed by atoms with E-state index < -0.39 is 0 Å². The minimum atomic E-state index is -0.0434. The second-order valence-corrected chi connectivity index (χ2v) is 5.92. The number of carbonyl (C=O) groups excluding carboxylic acids is 2. The molecule has 1 atom stereocenters. The van der Waals surface area contributed by atoms with Crippen molar-refractivity contribution >= 4 is 24.1 Å². The second kappa shape index (κ2) is 8.35. The lowest BCUT2D eigenvalue weighted by atomic mass is 10.0. The quantitative estimate of drug-likeness (QED) is 0.833. The number of Topliss-reactive ketones (excluding diaryl/α,β-unsaturated/α-hetero) is 1. The van der Waals surface area contributed by atoms with Crippen molar-refractivity contribution < 1.29 is 19.1 Å². The molecule has 0 unspecified atom stereocenters. The van der Waals surface area contributed by atoms with Gasteiger partial charge in [-0.05, 0) is 25.1 Å². The van der Waals surface area contributed by atoms with Crippen LogP contribution in [-0.2, 0) is 4.79 Å². The molecule has 0 saturated carbocycles. The zero-order valence-corrected chi connectivity index (χ0v) is 14.6. The van der Waals surface area contributed by atoms with Crippen LogP contribution in [0.2, 0.25) is 0 Å². The lowest BCUT2D eigenvalue weighted by Crippen LogP contribution is -2.52. The first-order valence-corrected chi connectivity index (χ1v) is 8.08. The van der Waals surface area contributed by atoms with Crippen molar-refractivity contribution in [1.82, 2.24) is 10.2 Å². The molecule has 1 aromatic carbocycles. The number of hydrogen-bond acceptors (Lipinski definition) is 5. The Hall–Kier alpha value is -1.79. The number of amides is 1. The molecule has 0 aromatic heterocycles. The maximum atomic E-state index is 12.3. The molecule has 2 aliphatic rings. The molecule has 0 spiro atoms. The van der Waals surface area contributed by atoms with E-state index in [4.69, 9.17) is 9.47 Å². The van der Waals surface area contributed by atoms with E-state index in [2.05, 4.69) is 5.32 Å². The van der Waals surface area contributed by atoms with Crippen molar-refractivity contribution in [2.75, 3.05) is 32.8 Å². The number of piperazine rings is 1. The van der Waals surface area contributed by atoms with Crippen LogP contribution >= 0.6 is 12.4 Å². The maximum Gasteiger partial charge on any atom is 0.223 e. The zero-order chi connectivity index (χ0) is 16.2. The summed E-state index contributed by atoms with van der Waals surface area (Å²) in [5.41, 5.74) is 0.565. The number of benzene rings is 1. The highest BCUT2D eigenvalue weighted by molar-refractivity contribution is 5.98. The molecule has 2 aliphatic heterocycles. The third-order valence-corrected chi connectivity index (χ3v) is 4.25. The molecular weight excluding hydrogens is 332 g/mol. The molecule has 2 heterocycles. The first kappa shape index (κ1) is 18.5. The van der Waals surface area contributed by atoms with Gasteiger partial charge in [0.15, 0.2) is 17.3 Å². The Kier molecular flexibility index (Phi) is 6.45. The summed E-state index contributed by atoms with van der Waals surface area (Å²) < 4.78 is 10.9. The second-order valence-electron chi connectivity index (χ2n) is 5.92. The van der Waals surface area contributed by atoms with E-state index >= 15 is 0 Å². The summed E-state index contributed by atoms with van der Waals surface area (Å²) in [6.45, 7) is 5.36. The van der Waals surface area contributed by atoms with Crippen molar-refractivity contribution in [1.29, 1.82) is 0 Å². The lowest BCUT2D eigenvalue weighted by molar-refractivity contribution is -0.133. The number of ether oxygens (including phenoxy) is 2. The van der Waals surface area contributed by atoms with Crippen LogP contribution in [0.4, 0.5) is 0 Å². The fourth-order valence-corrected chi connectivity index (χ4v) is 2.94. The number of halogens is 1. The Balaban J connectivity index is 0.00000208. The van der Waals surface area contributed by atoms with Crippen molar-refractivity contribution in [3.8, 4) is 11.5 Å². The Labute approximate surface area is 147 Å². The number of nitrogens with zero attached hydrogens (tertiary/aromatic N) is 1. The summed E-state index contributed by atoms with van der Waals surface area (Å²) in [6, 6.07) is 5.37. The molecule has 1 aromatic rings. The number of carbonyl (C=O) groups is 2. The summed E-state index contributed by atoms with van der Waals surface area (Å²) in [6.07, 6.45) is 0.465. The van der Waals surface area contributed by atoms with Crippen LogP contribution in [0.5, 0.6) is 11.5 Å². The fraction of sp³-hybridized carbons (Fsp3) is 0.529. The summed E-state index contributed by atoms with van der Waals surface area (Å²) in [4.78, 5) is 26.5. The molecule has 0 radical (unpaired) electrons. The van der Waals surface area contributed by atoms with Crippen LogP contribution in [0.15, 0.2) is 18.2 Å². The van der Waals surface area contributed by atoms with Crippen LogP contribution in [0.3, 0.4) is 0 Å². The average molecular weight is 355 g/mol. The van der Waals surface area contributed by atoms with E-state index in [1.165, 1.54) is 0 Å². The monoisotopic (exact) mass is 354 g/mol. The van der Waals surface area contributed by atoms with Gasteiger partial charge in [-0.2, -0.15) is 0 Å². The van der Waals surface area contributed by atoms with Gasteiger partial charge in [0.05, 0.1) is 0 Å². The highest BCUT2D eigenvalue weighted by atomic mass is 35.5. The number of fused-ring (bicyclic) bond motifs is 1. The molecule has 3 rings (SSSR count). The number of nitrogens with one attached hydrogen (secondary N) is 1. The predicted molar refractivity (Wildman–Crippen MR) is 92.3 cm³/mol. The van der Waals surface area contributed by atoms with E-state index in [9.17, 15) is 9.59 Å². The SMILES string of the molecule is C[C@@H]1CNCCN1C(=O)CCC(=O)c1ccc2c(c1)OCCO2.Cl. The van der Waals surface area contributed by atoms with Gasteiger partial charge in [0.2, 0.25) is 5.91 Å². The number of rotatable bonds is 4. The van der Waals surface area contributed by atoms with Gasteiger partial charge in [0, 0.05) is 44.1 Å². The normalized spacial score (nSPS) is 19.4. The third kappa shape index (κ3) is 4.19. The minimum Gasteiger partial charge on any atom is -0.486 e. The first-order valence-electron chi connectivity index (χ1n) is 8.08. The lowest BCUT2D eigenvalue weighted by Gasteiger charge is -2.34. The molecule has 1 fully saturated rings. The van der Waals surface area contributed by atoms with Crippen molar-refractivity contribution in [3.05, 3.63) is 23.8 Å². The Morgan fingerprint density at radius 1 is 1.21 bits per heavy atom. The Morgan fingerprint density at radius 2 is 1.96 bits per heavy atom. The van der Waals surface area contributed by atoms with Gasteiger partial charge in [-0.1, -0.05) is 0 Å². The zero-order valence-electron chi connectivity index (χ0n) is 13.7. The van der Waals surface area contributed by atoms with Gasteiger partial charge in [-0.25, -0.2) is 0 Å². The van der Waals surface area contributed by atoms with Gasteiger partial charge in [0.25, 0.3) is 0 Å². The average Bonchev–Trinajstić information content (AvgIpc) is 2.59. The Morgan fingerprint density at radius 3 is 2.71 bits per heavy atom. The van der Waals surface area contributed by atoms with E-state index in [-0.39, 0.29) is 43.0 Å². The van der Waals surface area contributed by atoms with Crippen molar-refractivity contribution in [3.63, 3.8) is 0 Å².